The molecule has 0 spiro atoms. The van der Waals surface area contributed by atoms with Crippen LogP contribution in [-0.4, -0.2) is 48.3 Å². The lowest BCUT2D eigenvalue weighted by Crippen LogP contribution is -2.29. The Morgan fingerprint density at radius 1 is 1.30 bits per heavy atom. The fourth-order valence-corrected chi connectivity index (χ4v) is 4.17. The highest BCUT2D eigenvalue weighted by Crippen LogP contribution is 2.32. The number of anilines is 1. The Bertz CT molecular complexity index is 1060. The number of carbonyl (C=O) groups is 3. The number of hydrogen-bond donors (Lipinski definition) is 3. The third kappa shape index (κ3) is 4.89. The van der Waals surface area contributed by atoms with E-state index in [4.69, 9.17) is 12.2 Å². The van der Waals surface area contributed by atoms with Gasteiger partial charge < -0.3 is 20.1 Å². The summed E-state index contributed by atoms with van der Waals surface area (Å²) in [6, 6.07) is 7.46. The molecule has 1 aromatic heterocycles. The van der Waals surface area contributed by atoms with Crippen LogP contribution in [0, 0.1) is 0 Å². The molecule has 0 saturated carbocycles. The lowest BCUT2D eigenvalue weighted by Gasteiger charge is -2.14. The normalized spacial score (nSPS) is 15.1. The number of amides is 2. The monoisotopic (exact) mass is 445 g/mol. The fourth-order valence-electron chi connectivity index (χ4n) is 2.88. The van der Waals surface area contributed by atoms with E-state index < -0.39 is 11.9 Å². The van der Waals surface area contributed by atoms with Gasteiger partial charge in [-0.05, 0) is 42.8 Å². The molecule has 2 aromatic rings. The van der Waals surface area contributed by atoms with Gasteiger partial charge in [-0.25, -0.2) is 4.79 Å². The molecule has 1 aliphatic heterocycles. The van der Waals surface area contributed by atoms with E-state index in [1.54, 1.807) is 6.08 Å². The molecule has 2 heterocycles. The summed E-state index contributed by atoms with van der Waals surface area (Å²) in [5, 5.41) is 21.1. The van der Waals surface area contributed by atoms with Crippen LogP contribution in [0.2, 0.25) is 0 Å². The summed E-state index contributed by atoms with van der Waals surface area (Å²) in [5.74, 6) is -2.06. The maximum Gasteiger partial charge on any atom is 0.337 e. The molecule has 30 heavy (non-hydrogen) atoms. The number of phenols is 1. The number of hydrogen-bond acceptors (Lipinski definition) is 6. The van der Waals surface area contributed by atoms with Gasteiger partial charge in [0.05, 0.1) is 16.2 Å². The van der Waals surface area contributed by atoms with Crippen molar-refractivity contribution in [3.8, 4) is 5.75 Å². The minimum absolute atomic E-state index is 0.0772. The van der Waals surface area contributed by atoms with Gasteiger partial charge in [0.2, 0.25) is 5.91 Å². The summed E-state index contributed by atoms with van der Waals surface area (Å²) >= 11 is 6.52. The van der Waals surface area contributed by atoms with E-state index in [1.165, 1.54) is 28.8 Å². The number of aromatic carboxylic acids is 1. The first kappa shape index (κ1) is 21.6. The first-order chi connectivity index (χ1) is 14.3. The third-order valence-corrected chi connectivity index (χ3v) is 5.81. The predicted octanol–water partition coefficient (Wildman–Crippen LogP) is 3.05. The van der Waals surface area contributed by atoms with Crippen LogP contribution in [0.25, 0.3) is 6.08 Å². The number of rotatable bonds is 7. The Kier molecular flexibility index (Phi) is 6.58. The maximum atomic E-state index is 12.6. The molecule has 0 aliphatic carbocycles. The van der Waals surface area contributed by atoms with Gasteiger partial charge >= 0.3 is 5.97 Å². The highest BCUT2D eigenvalue weighted by Gasteiger charge is 2.31. The summed E-state index contributed by atoms with van der Waals surface area (Å²) in [4.78, 5) is 38.1. The molecule has 0 radical (unpaired) electrons. The fraction of sp³-hybridized carbons (Fsp3) is 0.200. The second kappa shape index (κ2) is 9.14. The van der Waals surface area contributed by atoms with Gasteiger partial charge in [-0.2, -0.15) is 0 Å². The van der Waals surface area contributed by atoms with Crippen LogP contribution in [0.4, 0.5) is 5.69 Å². The lowest BCUT2D eigenvalue weighted by atomic mass is 10.1. The highest BCUT2D eigenvalue weighted by molar-refractivity contribution is 8.26. The van der Waals surface area contributed by atoms with E-state index in [1.807, 2.05) is 29.9 Å². The zero-order valence-electron chi connectivity index (χ0n) is 16.0. The molecule has 10 heteroatoms. The predicted molar refractivity (Wildman–Crippen MR) is 118 cm³/mol. The number of thioether (sulfide) groups is 1. The highest BCUT2D eigenvalue weighted by atomic mass is 32.2. The van der Waals surface area contributed by atoms with E-state index in [-0.39, 0.29) is 35.9 Å². The molecule has 3 rings (SSSR count). The largest absolute Gasteiger partial charge is 0.508 e. The second-order valence-electron chi connectivity index (χ2n) is 6.56. The van der Waals surface area contributed by atoms with Crippen molar-refractivity contribution in [1.29, 1.82) is 0 Å². The zero-order chi connectivity index (χ0) is 21.8. The number of nitrogens with zero attached hydrogens (tertiary/aromatic N) is 2. The van der Waals surface area contributed by atoms with Crippen molar-refractivity contribution in [3.63, 3.8) is 0 Å². The van der Waals surface area contributed by atoms with Crippen LogP contribution < -0.4 is 5.32 Å². The molecule has 0 unspecified atom stereocenters. The Balaban J connectivity index is 1.56. The lowest BCUT2D eigenvalue weighted by molar-refractivity contribution is -0.122. The summed E-state index contributed by atoms with van der Waals surface area (Å²) < 4.78 is 2.33. The van der Waals surface area contributed by atoms with E-state index in [0.717, 1.165) is 11.8 Å². The Morgan fingerprint density at radius 3 is 2.73 bits per heavy atom. The Morgan fingerprint density at radius 2 is 2.07 bits per heavy atom. The van der Waals surface area contributed by atoms with E-state index in [0.29, 0.717) is 15.6 Å². The van der Waals surface area contributed by atoms with Crippen LogP contribution in [0.1, 0.15) is 28.9 Å². The summed E-state index contributed by atoms with van der Waals surface area (Å²) in [6.07, 6.45) is 4.10. The molecule has 1 aliphatic rings. The average molecular weight is 446 g/mol. The van der Waals surface area contributed by atoms with E-state index in [9.17, 15) is 24.6 Å². The molecule has 8 nitrogen and oxygen atoms in total. The third-order valence-electron chi connectivity index (χ3n) is 4.43. The van der Waals surface area contributed by atoms with Gasteiger partial charge in [0.25, 0.3) is 5.91 Å². The number of aromatic hydroxyl groups is 1. The number of carbonyl (C=O) groups excluding carboxylic acids is 2. The van der Waals surface area contributed by atoms with Crippen LogP contribution >= 0.6 is 24.0 Å². The molecule has 0 atom stereocenters. The van der Waals surface area contributed by atoms with Crippen LogP contribution in [0.5, 0.6) is 5.75 Å². The van der Waals surface area contributed by atoms with Crippen molar-refractivity contribution in [1.82, 2.24) is 9.47 Å². The first-order valence-corrected chi connectivity index (χ1v) is 10.2. The molecule has 2 amide bonds. The second-order valence-corrected chi connectivity index (χ2v) is 8.24. The number of nitrogens with one attached hydrogen (secondary N) is 1. The molecular weight excluding hydrogens is 426 g/mol. The van der Waals surface area contributed by atoms with Gasteiger partial charge in [-0.3, -0.25) is 14.5 Å². The molecule has 0 bridgehead atoms. The molecular formula is C20H19N3O5S2. The molecule has 3 N–H and O–H groups in total. The first-order valence-electron chi connectivity index (χ1n) is 8.99. The minimum Gasteiger partial charge on any atom is -0.508 e. The summed E-state index contributed by atoms with van der Waals surface area (Å²) in [5.41, 5.74) is 0.783. The zero-order valence-corrected chi connectivity index (χ0v) is 17.6. The maximum absolute atomic E-state index is 12.6. The van der Waals surface area contributed by atoms with Gasteiger partial charge in [-0.15, -0.1) is 0 Å². The number of phenolic OH excluding ortho intramolecular Hbond substituents is 1. The van der Waals surface area contributed by atoms with Crippen LogP contribution in [0.15, 0.2) is 41.4 Å². The number of benzene rings is 1. The summed E-state index contributed by atoms with van der Waals surface area (Å²) in [6.45, 7) is 0.282. The van der Waals surface area contributed by atoms with Crippen molar-refractivity contribution in [3.05, 3.63) is 52.7 Å². The molecule has 1 aromatic carbocycles. The Hall–Kier alpha value is -3.11. The van der Waals surface area contributed by atoms with Gasteiger partial charge in [0, 0.05) is 31.9 Å². The smallest absolute Gasteiger partial charge is 0.337 e. The Labute approximate surface area is 182 Å². The summed E-state index contributed by atoms with van der Waals surface area (Å²) in [7, 11) is 1.88. The topological polar surface area (TPSA) is 112 Å². The number of carboxylic acid groups (broad SMARTS) is 1. The minimum atomic E-state index is -1.26. The number of aromatic nitrogens is 1. The molecule has 1 fully saturated rings. The van der Waals surface area contributed by atoms with E-state index in [2.05, 4.69) is 5.32 Å². The van der Waals surface area contributed by atoms with Crippen molar-refractivity contribution in [2.45, 2.75) is 12.8 Å². The molecule has 156 valence electrons. The standard InChI is InChI=1S/C20H19N3O5S2/c1-22-8-2-4-12(22)10-16-18(26)23(20(29)30-16)9-3-5-17(25)21-15-7-6-13(24)11-14(15)19(27)28/h2,4,6-8,10-11,24H,3,5,9H2,1H3,(H,21,25)(H,27,28). The van der Waals surface area contributed by atoms with E-state index >= 15 is 0 Å². The number of aryl methyl sites for hydroxylation is 1. The number of thiocarbonyl (C=S) groups is 1. The van der Waals surface area contributed by atoms with Gasteiger partial charge in [-0.1, -0.05) is 24.0 Å². The van der Waals surface area contributed by atoms with Gasteiger partial charge in [0.1, 0.15) is 10.1 Å². The van der Waals surface area contributed by atoms with Crippen molar-refractivity contribution in [2.24, 2.45) is 7.05 Å². The quantitative estimate of drug-likeness (QED) is 0.341. The van der Waals surface area contributed by atoms with Crippen molar-refractivity contribution >= 4 is 57.8 Å². The molecule has 1 saturated heterocycles. The average Bonchev–Trinajstić information content (AvgIpc) is 3.20. The van der Waals surface area contributed by atoms with Crippen molar-refractivity contribution in [2.75, 3.05) is 11.9 Å². The SMILES string of the molecule is Cn1cccc1C=C1SC(=S)N(CCCC(=O)Nc2ccc(O)cc2C(=O)O)C1=O. The van der Waals surface area contributed by atoms with Crippen molar-refractivity contribution < 1.29 is 24.6 Å². The van der Waals surface area contributed by atoms with Crippen LogP contribution in [-0.2, 0) is 16.6 Å². The van der Waals surface area contributed by atoms with Gasteiger partial charge in [0.15, 0.2) is 0 Å². The van der Waals surface area contributed by atoms with Crippen LogP contribution in [0.3, 0.4) is 0 Å². The number of carboxylic acids is 1.